The van der Waals surface area contributed by atoms with Gasteiger partial charge in [0.15, 0.2) is 0 Å². The molecule has 1 amide bonds. The van der Waals surface area contributed by atoms with Gasteiger partial charge in [-0.15, -0.1) is 0 Å². The van der Waals surface area contributed by atoms with Crippen LogP contribution in [0.25, 0.3) is 0 Å². The lowest BCUT2D eigenvalue weighted by Crippen LogP contribution is -2.27. The van der Waals surface area contributed by atoms with Gasteiger partial charge in [-0.1, -0.05) is 63.4 Å². The second-order valence-electron chi connectivity index (χ2n) is 8.12. The van der Waals surface area contributed by atoms with E-state index in [1.165, 1.54) is 31.5 Å². The van der Waals surface area contributed by atoms with E-state index in [1.54, 1.807) is 0 Å². The highest BCUT2D eigenvalue weighted by molar-refractivity contribution is 9.10. The zero-order valence-corrected chi connectivity index (χ0v) is 23.1. The van der Waals surface area contributed by atoms with Crippen molar-refractivity contribution in [1.82, 2.24) is 14.9 Å². The van der Waals surface area contributed by atoms with Crippen molar-refractivity contribution in [2.24, 2.45) is 4.99 Å². The predicted octanol–water partition coefficient (Wildman–Crippen LogP) is 4.49. The van der Waals surface area contributed by atoms with Crippen LogP contribution < -0.4 is 10.6 Å². The number of amidine groups is 1. The molecule has 1 aliphatic heterocycles. The molecular formula is C24H23BrCl2N4O4S. The Kier molecular flexibility index (Phi) is 8.41. The normalized spacial score (nSPS) is 13.5. The molecule has 4 rings (SSSR count). The molecule has 1 aromatic heterocycles. The van der Waals surface area contributed by atoms with Crippen LogP contribution in [0.2, 0.25) is 10.0 Å². The van der Waals surface area contributed by atoms with E-state index in [1.807, 2.05) is 24.3 Å². The van der Waals surface area contributed by atoms with Crippen LogP contribution in [0.4, 0.5) is 0 Å². The minimum Gasteiger partial charge on any atom is -0.467 e. The average molecular weight is 614 g/mol. The molecule has 0 atom stereocenters. The van der Waals surface area contributed by atoms with Gasteiger partial charge >= 0.3 is 0 Å². The molecule has 1 aliphatic rings. The number of furan rings is 1. The summed E-state index contributed by atoms with van der Waals surface area (Å²) in [4.78, 5) is 16.7. The maximum absolute atomic E-state index is 13.0. The van der Waals surface area contributed by atoms with Crippen LogP contribution in [-0.2, 0) is 23.0 Å². The van der Waals surface area contributed by atoms with Crippen LogP contribution in [0, 0.1) is 0 Å². The second-order valence-corrected chi connectivity index (χ2v) is 11.8. The van der Waals surface area contributed by atoms with E-state index in [0.29, 0.717) is 28.8 Å². The van der Waals surface area contributed by atoms with Crippen LogP contribution in [0.15, 0.2) is 67.5 Å². The first kappa shape index (κ1) is 26.7. The van der Waals surface area contributed by atoms with Gasteiger partial charge in [-0.3, -0.25) is 9.79 Å². The molecule has 0 fully saturated rings. The van der Waals surface area contributed by atoms with Crippen molar-refractivity contribution in [1.29, 1.82) is 0 Å². The number of sulfonamides is 1. The van der Waals surface area contributed by atoms with Crippen LogP contribution >= 0.6 is 39.1 Å². The number of hydrogen-bond donors (Lipinski definition) is 2. The van der Waals surface area contributed by atoms with Gasteiger partial charge in [-0.25, -0.2) is 8.42 Å². The lowest BCUT2D eigenvalue weighted by atomic mass is 10.1. The Morgan fingerprint density at radius 3 is 2.53 bits per heavy atom. The van der Waals surface area contributed by atoms with E-state index < -0.39 is 10.0 Å². The van der Waals surface area contributed by atoms with Crippen LogP contribution in [-0.4, -0.2) is 51.1 Å². The number of rotatable bonds is 9. The van der Waals surface area contributed by atoms with Gasteiger partial charge in [-0.05, 0) is 30.2 Å². The predicted molar refractivity (Wildman–Crippen MR) is 143 cm³/mol. The smallest absolute Gasteiger partial charge is 0.254 e. The molecule has 0 radical (unpaired) electrons. The molecule has 0 spiro atoms. The Morgan fingerprint density at radius 2 is 1.89 bits per heavy atom. The molecule has 0 aliphatic carbocycles. The molecule has 0 saturated carbocycles. The van der Waals surface area contributed by atoms with Crippen molar-refractivity contribution in [2.45, 2.75) is 17.9 Å². The van der Waals surface area contributed by atoms with Gasteiger partial charge in [0.1, 0.15) is 22.8 Å². The summed E-state index contributed by atoms with van der Waals surface area (Å²) in [5.41, 5.74) is 2.43. The molecule has 190 valence electrons. The third-order valence-corrected chi connectivity index (χ3v) is 8.71. The largest absolute Gasteiger partial charge is 0.467 e. The van der Waals surface area contributed by atoms with Gasteiger partial charge < -0.3 is 15.1 Å². The molecule has 2 heterocycles. The Balaban J connectivity index is 1.32. The molecule has 0 unspecified atom stereocenters. The Bertz CT molecular complexity index is 1380. The SMILES string of the molecule is CN(Cc1cc(C(=O)NCCc2ccc(C3=NCCN3)cc2)co1)S(=O)(=O)c1c(Cl)cc(Br)cc1Cl. The average Bonchev–Trinajstić information content (AvgIpc) is 3.51. The zero-order valence-electron chi connectivity index (χ0n) is 19.2. The van der Waals surface area contributed by atoms with Gasteiger partial charge in [0, 0.05) is 30.2 Å². The van der Waals surface area contributed by atoms with E-state index in [9.17, 15) is 13.2 Å². The topological polar surface area (TPSA) is 104 Å². The summed E-state index contributed by atoms with van der Waals surface area (Å²) < 4.78 is 33.1. The molecule has 36 heavy (non-hydrogen) atoms. The molecule has 2 aromatic carbocycles. The number of hydrogen-bond acceptors (Lipinski definition) is 6. The Labute approximate surface area is 227 Å². The Morgan fingerprint density at radius 1 is 1.19 bits per heavy atom. The lowest BCUT2D eigenvalue weighted by Gasteiger charge is -2.18. The molecule has 0 saturated heterocycles. The summed E-state index contributed by atoms with van der Waals surface area (Å²) in [5.74, 6) is 0.900. The third-order valence-electron chi connectivity index (χ3n) is 5.53. The number of carbonyl (C=O) groups excluding carboxylic acids is 1. The molecule has 3 aromatic rings. The zero-order chi connectivity index (χ0) is 25.9. The third kappa shape index (κ3) is 6.12. The van der Waals surface area contributed by atoms with Gasteiger partial charge in [0.05, 0.1) is 28.7 Å². The van der Waals surface area contributed by atoms with Crippen LogP contribution in [0.5, 0.6) is 0 Å². The van der Waals surface area contributed by atoms with E-state index in [0.717, 1.165) is 34.4 Å². The summed E-state index contributed by atoms with van der Waals surface area (Å²) in [5, 5.41) is 6.09. The van der Waals surface area contributed by atoms with Crippen molar-refractivity contribution in [2.75, 3.05) is 26.7 Å². The standard InChI is InChI=1S/C24H23BrCl2N4O4S/c1-31(36(33,34)22-20(26)11-18(25)12-21(22)27)13-19-10-17(14-35-19)24(32)30-7-6-15-2-4-16(5-3-15)23-28-8-9-29-23/h2-5,10-12,14H,6-9,13H2,1H3,(H,28,29)(H,30,32). The summed E-state index contributed by atoms with van der Waals surface area (Å²) in [6, 6.07) is 12.5. The maximum Gasteiger partial charge on any atom is 0.254 e. The van der Waals surface area contributed by atoms with Gasteiger partial charge in [-0.2, -0.15) is 4.31 Å². The number of benzene rings is 2. The molecule has 12 heteroatoms. The number of halogens is 3. The highest BCUT2D eigenvalue weighted by Crippen LogP contribution is 2.34. The number of carbonyl (C=O) groups is 1. The van der Waals surface area contributed by atoms with Gasteiger partial charge in [0.25, 0.3) is 5.91 Å². The number of aliphatic imine (C=N–C) groups is 1. The fourth-order valence-corrected chi connectivity index (χ4v) is 6.67. The fourth-order valence-electron chi connectivity index (χ4n) is 3.66. The molecule has 0 bridgehead atoms. The first-order chi connectivity index (χ1) is 17.1. The van der Waals surface area contributed by atoms with Crippen molar-refractivity contribution >= 4 is 60.9 Å². The summed E-state index contributed by atoms with van der Waals surface area (Å²) in [6.07, 6.45) is 1.96. The molecule has 8 nitrogen and oxygen atoms in total. The van der Waals surface area contributed by atoms with Crippen molar-refractivity contribution < 1.29 is 17.6 Å². The van der Waals surface area contributed by atoms with Crippen LogP contribution in [0.1, 0.15) is 27.2 Å². The first-order valence-electron chi connectivity index (χ1n) is 11.0. The van der Waals surface area contributed by atoms with Crippen molar-refractivity contribution in [3.05, 3.63) is 85.7 Å². The lowest BCUT2D eigenvalue weighted by molar-refractivity contribution is 0.0953. The quantitative estimate of drug-likeness (QED) is 0.370. The fraction of sp³-hybridized carbons (Fsp3) is 0.250. The van der Waals surface area contributed by atoms with Crippen LogP contribution in [0.3, 0.4) is 0 Å². The van der Waals surface area contributed by atoms with Crippen molar-refractivity contribution in [3.63, 3.8) is 0 Å². The van der Waals surface area contributed by atoms with E-state index in [-0.39, 0.29) is 27.4 Å². The Hall–Kier alpha value is -2.37. The molecule has 2 N–H and O–H groups in total. The number of nitrogens with one attached hydrogen (secondary N) is 2. The first-order valence-corrected chi connectivity index (χ1v) is 14.0. The molecular weight excluding hydrogens is 591 g/mol. The number of amides is 1. The van der Waals surface area contributed by atoms with E-state index >= 15 is 0 Å². The highest BCUT2D eigenvalue weighted by Gasteiger charge is 2.28. The number of nitrogens with zero attached hydrogens (tertiary/aromatic N) is 2. The summed E-state index contributed by atoms with van der Waals surface area (Å²) in [6.45, 7) is 1.98. The van der Waals surface area contributed by atoms with E-state index in [4.69, 9.17) is 27.6 Å². The second kappa shape index (κ2) is 11.4. The minimum absolute atomic E-state index is 0.000617. The van der Waals surface area contributed by atoms with E-state index in [2.05, 4.69) is 31.6 Å². The van der Waals surface area contributed by atoms with Crippen molar-refractivity contribution in [3.8, 4) is 0 Å². The highest BCUT2D eigenvalue weighted by atomic mass is 79.9. The minimum atomic E-state index is -4.00. The summed E-state index contributed by atoms with van der Waals surface area (Å²) in [7, 11) is -2.62. The summed E-state index contributed by atoms with van der Waals surface area (Å²) >= 11 is 15.5. The van der Waals surface area contributed by atoms with Gasteiger partial charge in [0.2, 0.25) is 10.0 Å². The maximum atomic E-state index is 13.0. The monoisotopic (exact) mass is 612 g/mol.